The summed E-state index contributed by atoms with van der Waals surface area (Å²) in [6.07, 6.45) is 3.17. The second-order valence-electron chi connectivity index (χ2n) is 5.65. The molecule has 0 aliphatic carbocycles. The summed E-state index contributed by atoms with van der Waals surface area (Å²) in [5.41, 5.74) is 3.72. The molecule has 0 aromatic heterocycles. The lowest BCUT2D eigenvalue weighted by atomic mass is 10.1. The largest absolute Gasteiger partial charge is 0.380 e. The number of fused-ring (bicyclic) bond motifs is 1. The Labute approximate surface area is 131 Å². The molecule has 1 aromatic rings. The fourth-order valence-corrected chi connectivity index (χ4v) is 3.03. The van der Waals surface area contributed by atoms with E-state index >= 15 is 0 Å². The first-order valence-corrected chi connectivity index (χ1v) is 7.96. The van der Waals surface area contributed by atoms with Crippen LogP contribution >= 0.6 is 12.2 Å². The zero-order valence-corrected chi connectivity index (χ0v) is 13.2. The average molecular weight is 302 g/mol. The van der Waals surface area contributed by atoms with Gasteiger partial charge in [0.2, 0.25) is 0 Å². The molecule has 112 valence electrons. The Morgan fingerprint density at radius 2 is 2.24 bits per heavy atom. The number of benzene rings is 1. The summed E-state index contributed by atoms with van der Waals surface area (Å²) in [6.45, 7) is 6.05. The average Bonchev–Trinajstić information content (AvgIpc) is 2.78. The molecule has 2 heterocycles. The summed E-state index contributed by atoms with van der Waals surface area (Å²) in [5.74, 6) is 0. The predicted octanol–water partition coefficient (Wildman–Crippen LogP) is 2.01. The Morgan fingerprint density at radius 3 is 3.14 bits per heavy atom. The molecule has 0 bridgehead atoms. The van der Waals surface area contributed by atoms with Gasteiger partial charge in [0, 0.05) is 49.7 Å². The molecule has 2 aliphatic rings. The third-order valence-electron chi connectivity index (χ3n) is 4.11. The molecule has 3 N–H and O–H groups in total. The first kappa shape index (κ1) is 14.4. The van der Waals surface area contributed by atoms with Crippen LogP contribution in [0.25, 0.3) is 5.57 Å². The van der Waals surface area contributed by atoms with Crippen molar-refractivity contribution < 1.29 is 0 Å². The van der Waals surface area contributed by atoms with Gasteiger partial charge in [0.25, 0.3) is 0 Å². The molecule has 1 aromatic carbocycles. The van der Waals surface area contributed by atoms with Crippen molar-refractivity contribution in [1.82, 2.24) is 15.5 Å². The van der Waals surface area contributed by atoms with Crippen molar-refractivity contribution >= 4 is 28.6 Å². The minimum atomic E-state index is 0.571. The number of rotatable bonds is 1. The van der Waals surface area contributed by atoms with E-state index in [-0.39, 0.29) is 0 Å². The quantitative estimate of drug-likeness (QED) is 0.692. The van der Waals surface area contributed by atoms with E-state index in [1.807, 2.05) is 6.20 Å². The highest BCUT2D eigenvalue weighted by Gasteiger charge is 2.17. The van der Waals surface area contributed by atoms with E-state index < -0.39 is 0 Å². The Balaban J connectivity index is 1.62. The van der Waals surface area contributed by atoms with Crippen molar-refractivity contribution in [3.05, 3.63) is 36.0 Å². The third-order valence-corrected chi connectivity index (χ3v) is 4.48. The predicted molar refractivity (Wildman–Crippen MR) is 92.3 cm³/mol. The van der Waals surface area contributed by atoms with Gasteiger partial charge < -0.3 is 20.9 Å². The van der Waals surface area contributed by atoms with E-state index in [4.69, 9.17) is 12.2 Å². The first-order chi connectivity index (χ1) is 10.2. The van der Waals surface area contributed by atoms with Gasteiger partial charge in [-0.2, -0.15) is 0 Å². The molecule has 1 fully saturated rings. The maximum atomic E-state index is 5.53. The molecule has 0 saturated carbocycles. The van der Waals surface area contributed by atoms with Crippen molar-refractivity contribution in [1.29, 1.82) is 0 Å². The topological polar surface area (TPSA) is 39.3 Å². The van der Waals surface area contributed by atoms with Crippen LogP contribution in [0.15, 0.2) is 30.5 Å². The Kier molecular flexibility index (Phi) is 4.41. The molecule has 0 radical (unpaired) electrons. The lowest BCUT2D eigenvalue weighted by Gasteiger charge is -2.22. The molecule has 4 nitrogen and oxygen atoms in total. The first-order valence-electron chi connectivity index (χ1n) is 7.55. The molecule has 5 heteroatoms. The lowest BCUT2D eigenvalue weighted by molar-refractivity contribution is 0.439. The van der Waals surface area contributed by atoms with Crippen LogP contribution < -0.4 is 16.0 Å². The fraction of sp³-hybridized carbons (Fsp3) is 0.438. The fourth-order valence-electron chi connectivity index (χ4n) is 2.78. The van der Waals surface area contributed by atoms with Gasteiger partial charge >= 0.3 is 0 Å². The van der Waals surface area contributed by atoms with Crippen LogP contribution in [0.2, 0.25) is 0 Å². The smallest absolute Gasteiger partial charge is 0.173 e. The number of anilines is 1. The van der Waals surface area contributed by atoms with Crippen LogP contribution in [0.3, 0.4) is 0 Å². The van der Waals surface area contributed by atoms with Crippen LogP contribution in [-0.4, -0.2) is 42.2 Å². The van der Waals surface area contributed by atoms with Gasteiger partial charge in [-0.05, 0) is 37.2 Å². The number of hydrogen-bond donors (Lipinski definition) is 3. The second kappa shape index (κ2) is 6.45. The minimum absolute atomic E-state index is 0.571. The molecular formula is C16H22N4S. The number of para-hydroxylation sites is 1. The summed E-state index contributed by atoms with van der Waals surface area (Å²) < 4.78 is 0. The van der Waals surface area contributed by atoms with Crippen molar-refractivity contribution in [2.75, 3.05) is 31.5 Å². The van der Waals surface area contributed by atoms with Crippen LogP contribution in [0.5, 0.6) is 0 Å². The molecular weight excluding hydrogens is 280 g/mol. The molecule has 21 heavy (non-hydrogen) atoms. The van der Waals surface area contributed by atoms with Crippen LogP contribution in [-0.2, 0) is 0 Å². The summed E-state index contributed by atoms with van der Waals surface area (Å²) in [7, 11) is 0. The van der Waals surface area contributed by atoms with Gasteiger partial charge in [0.1, 0.15) is 0 Å². The van der Waals surface area contributed by atoms with Crippen molar-refractivity contribution in [2.24, 2.45) is 0 Å². The zero-order valence-electron chi connectivity index (χ0n) is 12.4. The number of thiocarbonyl (C=S) groups is 1. The molecule has 1 unspecified atom stereocenters. The normalized spacial score (nSPS) is 23.4. The Bertz CT molecular complexity index is 555. The number of nitrogens with zero attached hydrogens (tertiary/aromatic N) is 1. The standard InChI is InChI=1S/C16H22N4S/c1-12-6-8-20(9-7-17-12)16(21)19-11-13-10-18-15-5-3-2-4-14(13)15/h2-5,11-12,17-18H,6-10H2,1H3,(H,19,21)/b13-11-. The molecule has 0 spiro atoms. The van der Waals surface area contributed by atoms with Gasteiger partial charge in [-0.15, -0.1) is 0 Å². The van der Waals surface area contributed by atoms with E-state index in [9.17, 15) is 0 Å². The monoisotopic (exact) mass is 302 g/mol. The van der Waals surface area contributed by atoms with Crippen molar-refractivity contribution in [3.63, 3.8) is 0 Å². The van der Waals surface area contributed by atoms with Gasteiger partial charge in [-0.3, -0.25) is 0 Å². The lowest BCUT2D eigenvalue weighted by Crippen LogP contribution is -2.39. The summed E-state index contributed by atoms with van der Waals surface area (Å²) in [6, 6.07) is 8.94. The highest BCUT2D eigenvalue weighted by molar-refractivity contribution is 7.80. The zero-order chi connectivity index (χ0) is 14.7. The van der Waals surface area contributed by atoms with Gasteiger partial charge in [0.15, 0.2) is 5.11 Å². The van der Waals surface area contributed by atoms with Gasteiger partial charge in [0.05, 0.1) is 0 Å². The maximum absolute atomic E-state index is 5.53. The molecule has 1 atom stereocenters. The summed E-state index contributed by atoms with van der Waals surface area (Å²) >= 11 is 5.53. The van der Waals surface area contributed by atoms with Crippen LogP contribution in [0.1, 0.15) is 18.9 Å². The third kappa shape index (κ3) is 3.36. The highest BCUT2D eigenvalue weighted by Crippen LogP contribution is 2.29. The van der Waals surface area contributed by atoms with Gasteiger partial charge in [-0.25, -0.2) is 0 Å². The molecule has 0 amide bonds. The van der Waals surface area contributed by atoms with Gasteiger partial charge in [-0.1, -0.05) is 18.2 Å². The maximum Gasteiger partial charge on any atom is 0.173 e. The van der Waals surface area contributed by atoms with Crippen LogP contribution in [0.4, 0.5) is 5.69 Å². The SMILES string of the molecule is CC1CCN(C(=S)N/C=C2/CNc3ccccc32)CCN1. The van der Waals surface area contributed by atoms with Crippen LogP contribution in [0, 0.1) is 0 Å². The van der Waals surface area contributed by atoms with E-state index in [2.05, 4.69) is 52.0 Å². The number of nitrogens with one attached hydrogen (secondary N) is 3. The van der Waals surface area contributed by atoms with E-state index in [1.165, 1.54) is 16.8 Å². The van der Waals surface area contributed by atoms with Crippen molar-refractivity contribution in [3.8, 4) is 0 Å². The van der Waals surface area contributed by atoms with E-state index in [0.29, 0.717) is 6.04 Å². The summed E-state index contributed by atoms with van der Waals surface area (Å²) in [4.78, 5) is 2.25. The second-order valence-corrected chi connectivity index (χ2v) is 6.04. The Morgan fingerprint density at radius 1 is 1.38 bits per heavy atom. The molecule has 1 saturated heterocycles. The molecule has 2 aliphatic heterocycles. The van der Waals surface area contributed by atoms with Crippen molar-refractivity contribution in [2.45, 2.75) is 19.4 Å². The minimum Gasteiger partial charge on any atom is -0.380 e. The number of hydrogen-bond acceptors (Lipinski definition) is 3. The summed E-state index contributed by atoms with van der Waals surface area (Å²) in [5, 5.41) is 11.0. The molecule has 3 rings (SSSR count). The Hall–Kier alpha value is -1.59. The van der Waals surface area contributed by atoms with E-state index in [1.54, 1.807) is 0 Å². The highest BCUT2D eigenvalue weighted by atomic mass is 32.1. The van der Waals surface area contributed by atoms with E-state index in [0.717, 1.165) is 37.7 Å².